The summed E-state index contributed by atoms with van der Waals surface area (Å²) in [5.74, 6) is 1.22. The molecule has 1 N–H and O–H groups in total. The Hall–Kier alpha value is -3.60. The van der Waals surface area contributed by atoms with Gasteiger partial charge in [-0.05, 0) is 33.0 Å². The van der Waals surface area contributed by atoms with Gasteiger partial charge in [0.15, 0.2) is 5.82 Å². The Balaban J connectivity index is 1.47. The molecule has 1 fully saturated rings. The van der Waals surface area contributed by atoms with Gasteiger partial charge in [0.25, 0.3) is 5.56 Å². The van der Waals surface area contributed by atoms with E-state index in [0.717, 1.165) is 48.1 Å². The number of carbonyl (C=O) groups is 1. The molecule has 0 bridgehead atoms. The van der Waals surface area contributed by atoms with Gasteiger partial charge in [0.05, 0.1) is 5.69 Å². The summed E-state index contributed by atoms with van der Waals surface area (Å²) in [5.41, 5.74) is 1.35. The van der Waals surface area contributed by atoms with Crippen LogP contribution >= 0.6 is 0 Å². The fourth-order valence-corrected chi connectivity index (χ4v) is 3.47. The average Bonchev–Trinajstić information content (AvgIpc) is 3.08. The highest BCUT2D eigenvalue weighted by atomic mass is 16.2. The van der Waals surface area contributed by atoms with Gasteiger partial charge < -0.3 is 15.1 Å². The highest BCUT2D eigenvalue weighted by molar-refractivity contribution is 5.89. The Morgan fingerprint density at radius 2 is 1.81 bits per heavy atom. The maximum Gasteiger partial charge on any atom is 0.267 e. The first-order chi connectivity index (χ1) is 14.9. The van der Waals surface area contributed by atoms with E-state index < -0.39 is 5.91 Å². The molecule has 31 heavy (non-hydrogen) atoms. The standard InChI is InChI=1S/C20H25N9O2/c1-14-10-15(2)29(24-14)17-4-5-20(31)28(25-17)12-19(30)23-16-11-18(22-13-21-16)27-8-6-26(3)7-9-27/h4-5,10-11,13H,6-9,12H2,1-3H3,(H,21,22,23,30). The topological polar surface area (TPSA) is 114 Å². The molecule has 1 amide bonds. The summed E-state index contributed by atoms with van der Waals surface area (Å²) >= 11 is 0. The molecule has 11 heteroatoms. The van der Waals surface area contributed by atoms with Crippen molar-refractivity contribution in [3.05, 3.63) is 52.3 Å². The zero-order valence-electron chi connectivity index (χ0n) is 17.8. The smallest absolute Gasteiger partial charge is 0.267 e. The monoisotopic (exact) mass is 423 g/mol. The molecule has 3 aromatic heterocycles. The molecule has 0 saturated carbocycles. The molecule has 0 atom stereocenters. The normalized spacial score (nSPS) is 14.6. The minimum atomic E-state index is -0.400. The van der Waals surface area contributed by atoms with Crippen molar-refractivity contribution in [1.29, 1.82) is 0 Å². The molecule has 4 rings (SSSR count). The quantitative estimate of drug-likeness (QED) is 0.620. The van der Waals surface area contributed by atoms with Crippen LogP contribution in [0.1, 0.15) is 11.4 Å². The highest BCUT2D eigenvalue weighted by Crippen LogP contribution is 2.16. The second kappa shape index (κ2) is 8.64. The summed E-state index contributed by atoms with van der Waals surface area (Å²) in [5, 5.41) is 11.4. The third-order valence-corrected chi connectivity index (χ3v) is 5.12. The number of nitrogens with one attached hydrogen (secondary N) is 1. The highest BCUT2D eigenvalue weighted by Gasteiger charge is 2.16. The molecule has 3 aromatic rings. The van der Waals surface area contributed by atoms with E-state index in [1.165, 1.54) is 12.4 Å². The van der Waals surface area contributed by atoms with Gasteiger partial charge >= 0.3 is 0 Å². The van der Waals surface area contributed by atoms with Crippen LogP contribution in [0, 0.1) is 13.8 Å². The Kier molecular flexibility index (Phi) is 5.76. The van der Waals surface area contributed by atoms with Crippen molar-refractivity contribution in [3.63, 3.8) is 0 Å². The number of nitrogens with zero attached hydrogens (tertiary/aromatic N) is 8. The van der Waals surface area contributed by atoms with E-state index in [-0.39, 0.29) is 12.1 Å². The van der Waals surface area contributed by atoms with Gasteiger partial charge in [-0.3, -0.25) is 9.59 Å². The second-order valence-corrected chi connectivity index (χ2v) is 7.63. The first-order valence-corrected chi connectivity index (χ1v) is 10.1. The lowest BCUT2D eigenvalue weighted by molar-refractivity contribution is -0.117. The van der Waals surface area contributed by atoms with Crippen LogP contribution in [-0.4, -0.2) is 73.6 Å². The third kappa shape index (κ3) is 4.77. The largest absolute Gasteiger partial charge is 0.354 e. The maximum absolute atomic E-state index is 12.6. The number of aryl methyl sites for hydroxylation is 2. The number of hydrogen-bond acceptors (Lipinski definition) is 8. The number of hydrogen-bond donors (Lipinski definition) is 1. The van der Waals surface area contributed by atoms with Crippen molar-refractivity contribution in [1.82, 2.24) is 34.4 Å². The molecule has 11 nitrogen and oxygen atoms in total. The minimum absolute atomic E-state index is 0.236. The van der Waals surface area contributed by atoms with Crippen molar-refractivity contribution in [2.24, 2.45) is 0 Å². The first kappa shape index (κ1) is 20.7. The van der Waals surface area contributed by atoms with E-state index in [0.29, 0.717) is 11.6 Å². The van der Waals surface area contributed by atoms with E-state index in [1.807, 2.05) is 19.9 Å². The van der Waals surface area contributed by atoms with Crippen LogP contribution in [0.4, 0.5) is 11.6 Å². The molecule has 4 heterocycles. The average molecular weight is 423 g/mol. The van der Waals surface area contributed by atoms with E-state index in [1.54, 1.807) is 16.8 Å². The van der Waals surface area contributed by atoms with Crippen molar-refractivity contribution < 1.29 is 4.79 Å². The number of likely N-dealkylation sites (N-methyl/N-ethyl adjacent to an activating group) is 1. The number of aromatic nitrogens is 6. The fraction of sp³-hybridized carbons (Fsp3) is 0.400. The van der Waals surface area contributed by atoms with Gasteiger partial charge in [-0.1, -0.05) is 0 Å². The summed E-state index contributed by atoms with van der Waals surface area (Å²) in [4.78, 5) is 37.6. The van der Waals surface area contributed by atoms with Gasteiger partial charge in [0.2, 0.25) is 5.91 Å². The molecule has 0 radical (unpaired) electrons. The van der Waals surface area contributed by atoms with Crippen LogP contribution in [0.25, 0.3) is 5.82 Å². The first-order valence-electron chi connectivity index (χ1n) is 10.1. The van der Waals surface area contributed by atoms with Crippen LogP contribution < -0.4 is 15.8 Å². The molecule has 0 spiro atoms. The van der Waals surface area contributed by atoms with Crippen molar-refractivity contribution in [2.75, 3.05) is 43.4 Å². The predicted molar refractivity (Wildman–Crippen MR) is 115 cm³/mol. The molecular formula is C20H25N9O2. The lowest BCUT2D eigenvalue weighted by Crippen LogP contribution is -2.44. The number of piperazine rings is 1. The van der Waals surface area contributed by atoms with Crippen molar-refractivity contribution in [3.8, 4) is 5.82 Å². The van der Waals surface area contributed by atoms with E-state index in [2.05, 4.69) is 42.3 Å². The van der Waals surface area contributed by atoms with Gasteiger partial charge in [-0.15, -0.1) is 5.10 Å². The lowest BCUT2D eigenvalue weighted by Gasteiger charge is -2.33. The zero-order valence-corrected chi connectivity index (χ0v) is 17.8. The SMILES string of the molecule is Cc1cc(C)n(-c2ccc(=O)n(CC(=O)Nc3cc(N4CCN(C)CC4)ncn3)n2)n1. The van der Waals surface area contributed by atoms with Gasteiger partial charge in [0, 0.05) is 44.0 Å². The number of rotatable bonds is 5. The number of amides is 1. The molecule has 162 valence electrons. The Morgan fingerprint density at radius 1 is 1.03 bits per heavy atom. The summed E-state index contributed by atoms with van der Waals surface area (Å²) < 4.78 is 2.75. The van der Waals surface area contributed by atoms with Crippen LogP contribution in [-0.2, 0) is 11.3 Å². The van der Waals surface area contributed by atoms with E-state index in [9.17, 15) is 9.59 Å². The summed E-state index contributed by atoms with van der Waals surface area (Å²) in [6.45, 7) is 7.16. The zero-order chi connectivity index (χ0) is 22.0. The molecule has 0 aromatic carbocycles. The van der Waals surface area contributed by atoms with Gasteiger partial charge in [-0.25, -0.2) is 19.3 Å². The molecule has 1 aliphatic rings. The fourth-order valence-electron chi connectivity index (χ4n) is 3.47. The molecule has 0 aliphatic carbocycles. The molecule has 1 aliphatic heterocycles. The number of anilines is 2. The summed E-state index contributed by atoms with van der Waals surface area (Å²) in [7, 11) is 2.09. The third-order valence-electron chi connectivity index (χ3n) is 5.12. The van der Waals surface area contributed by atoms with Gasteiger partial charge in [0.1, 0.15) is 24.5 Å². The van der Waals surface area contributed by atoms with Crippen molar-refractivity contribution >= 4 is 17.5 Å². The van der Waals surface area contributed by atoms with E-state index >= 15 is 0 Å². The summed E-state index contributed by atoms with van der Waals surface area (Å²) in [6, 6.07) is 6.62. The number of carbonyl (C=O) groups excluding carboxylic acids is 1. The predicted octanol–water partition coefficient (Wildman–Crippen LogP) is 0.226. The van der Waals surface area contributed by atoms with Crippen LogP contribution in [0.15, 0.2) is 35.4 Å². The van der Waals surface area contributed by atoms with E-state index in [4.69, 9.17) is 0 Å². The second-order valence-electron chi connectivity index (χ2n) is 7.63. The molecular weight excluding hydrogens is 398 g/mol. The van der Waals surface area contributed by atoms with Crippen LogP contribution in [0.3, 0.4) is 0 Å². The summed E-state index contributed by atoms with van der Waals surface area (Å²) in [6.07, 6.45) is 1.43. The van der Waals surface area contributed by atoms with Crippen molar-refractivity contribution in [2.45, 2.75) is 20.4 Å². The molecule has 0 unspecified atom stereocenters. The lowest BCUT2D eigenvalue weighted by atomic mass is 10.3. The molecule has 1 saturated heterocycles. The minimum Gasteiger partial charge on any atom is -0.354 e. The Morgan fingerprint density at radius 3 is 2.52 bits per heavy atom. The van der Waals surface area contributed by atoms with Crippen LogP contribution in [0.2, 0.25) is 0 Å². The van der Waals surface area contributed by atoms with Crippen LogP contribution in [0.5, 0.6) is 0 Å². The Bertz CT molecular complexity index is 1150. The maximum atomic E-state index is 12.6. The van der Waals surface area contributed by atoms with Gasteiger partial charge in [-0.2, -0.15) is 5.10 Å². The Labute approximate surface area is 179 Å².